The summed E-state index contributed by atoms with van der Waals surface area (Å²) in [4.78, 5) is 25.8. The molecule has 6 heteroatoms. The molecule has 1 amide bonds. The Bertz CT molecular complexity index is 776. The third kappa shape index (κ3) is 3.31. The van der Waals surface area contributed by atoms with E-state index in [4.69, 9.17) is 5.26 Å². The zero-order valence-corrected chi connectivity index (χ0v) is 12.7. The molecule has 2 rings (SSSR count). The molecule has 1 aromatic heterocycles. The number of para-hydroxylation sites is 1. The summed E-state index contributed by atoms with van der Waals surface area (Å²) in [5.74, 6) is -0.339. The van der Waals surface area contributed by atoms with Gasteiger partial charge in [-0.25, -0.2) is 0 Å². The van der Waals surface area contributed by atoms with Crippen LogP contribution in [0.5, 0.6) is 0 Å². The number of fused-ring (bicyclic) bond motifs is 1. The number of hydrogen-bond donors (Lipinski definition) is 0. The molecule has 22 heavy (non-hydrogen) atoms. The highest BCUT2D eigenvalue weighted by Crippen LogP contribution is 2.09. The molecule has 114 valence electrons. The maximum atomic E-state index is 12.4. The first kappa shape index (κ1) is 15.7. The molecule has 1 heterocycles. The van der Waals surface area contributed by atoms with Crippen LogP contribution in [0.15, 0.2) is 35.3 Å². The van der Waals surface area contributed by atoms with Gasteiger partial charge in [-0.3, -0.25) is 14.3 Å². The van der Waals surface area contributed by atoms with Gasteiger partial charge in [0.25, 0.3) is 0 Å². The molecule has 6 nitrogen and oxygen atoms in total. The molecule has 0 spiro atoms. The summed E-state index contributed by atoms with van der Waals surface area (Å²) in [6, 6.07) is 9.20. The Morgan fingerprint density at radius 3 is 2.86 bits per heavy atom. The van der Waals surface area contributed by atoms with Crippen molar-refractivity contribution in [3.8, 4) is 6.07 Å². The zero-order chi connectivity index (χ0) is 16.1. The van der Waals surface area contributed by atoms with Crippen molar-refractivity contribution in [2.75, 3.05) is 13.1 Å². The second-order valence-electron chi connectivity index (χ2n) is 5.15. The highest BCUT2D eigenvalue weighted by Gasteiger charge is 2.16. The third-order valence-electron chi connectivity index (χ3n) is 3.50. The second kappa shape index (κ2) is 6.85. The maximum absolute atomic E-state index is 12.4. The van der Waals surface area contributed by atoms with Gasteiger partial charge >= 0.3 is 0 Å². The second-order valence-corrected chi connectivity index (χ2v) is 5.15. The van der Waals surface area contributed by atoms with Crippen molar-refractivity contribution in [3.63, 3.8) is 0 Å². The molecule has 0 fully saturated rings. The van der Waals surface area contributed by atoms with Crippen LogP contribution < -0.4 is 5.43 Å². The molecule has 0 N–H and O–H groups in total. The molecule has 0 bridgehead atoms. The Hall–Kier alpha value is -2.68. The first-order chi connectivity index (χ1) is 10.6. The van der Waals surface area contributed by atoms with Crippen molar-refractivity contribution in [2.45, 2.75) is 20.4 Å². The van der Waals surface area contributed by atoms with E-state index in [0.717, 1.165) is 0 Å². The summed E-state index contributed by atoms with van der Waals surface area (Å²) in [7, 11) is 0. The summed E-state index contributed by atoms with van der Waals surface area (Å²) in [5.41, 5.74) is 0.470. The normalized spacial score (nSPS) is 11.9. The minimum Gasteiger partial charge on any atom is -0.340 e. The molecule has 1 aromatic carbocycles. The monoisotopic (exact) mass is 298 g/mol. The lowest BCUT2D eigenvalue weighted by Gasteiger charge is -2.22. The van der Waals surface area contributed by atoms with Crippen LogP contribution in [0.4, 0.5) is 0 Å². The van der Waals surface area contributed by atoms with Crippen LogP contribution in [-0.4, -0.2) is 33.7 Å². The van der Waals surface area contributed by atoms with Gasteiger partial charge in [0.1, 0.15) is 6.54 Å². The molecule has 1 unspecified atom stereocenters. The van der Waals surface area contributed by atoms with Crippen molar-refractivity contribution >= 4 is 16.8 Å². The van der Waals surface area contributed by atoms with E-state index in [9.17, 15) is 9.59 Å². The predicted molar refractivity (Wildman–Crippen MR) is 83.0 cm³/mol. The maximum Gasteiger partial charge on any atom is 0.244 e. The number of benzene rings is 1. The summed E-state index contributed by atoms with van der Waals surface area (Å²) in [5, 5.41) is 13.5. The van der Waals surface area contributed by atoms with E-state index >= 15 is 0 Å². The fourth-order valence-corrected chi connectivity index (χ4v) is 2.29. The van der Waals surface area contributed by atoms with Crippen LogP contribution >= 0.6 is 0 Å². The lowest BCUT2D eigenvalue weighted by Crippen LogP contribution is -2.37. The smallest absolute Gasteiger partial charge is 0.244 e. The van der Waals surface area contributed by atoms with Gasteiger partial charge in [0, 0.05) is 18.5 Å². The van der Waals surface area contributed by atoms with Crippen LogP contribution in [0.3, 0.4) is 0 Å². The molecule has 0 aliphatic carbocycles. The van der Waals surface area contributed by atoms with E-state index in [0.29, 0.717) is 24.0 Å². The third-order valence-corrected chi connectivity index (χ3v) is 3.50. The van der Waals surface area contributed by atoms with E-state index in [1.165, 1.54) is 10.9 Å². The minimum absolute atomic E-state index is 0.0484. The number of nitrogens with zero attached hydrogens (tertiary/aromatic N) is 4. The van der Waals surface area contributed by atoms with E-state index in [1.54, 1.807) is 36.1 Å². The first-order valence-electron chi connectivity index (χ1n) is 7.19. The number of amides is 1. The standard InChI is InChI=1S/C16H18N4O2/c1-3-19(10-12(2)8-17)16(22)11-20-14-7-5-4-6-13(14)15(21)9-18-20/h4-7,9,12H,3,10-11H2,1-2H3. The lowest BCUT2D eigenvalue weighted by molar-refractivity contribution is -0.132. The van der Waals surface area contributed by atoms with Gasteiger partial charge < -0.3 is 4.90 Å². The fraction of sp³-hybridized carbons (Fsp3) is 0.375. The average molecular weight is 298 g/mol. The van der Waals surface area contributed by atoms with Gasteiger partial charge in [-0.1, -0.05) is 12.1 Å². The Morgan fingerprint density at radius 1 is 1.45 bits per heavy atom. The predicted octanol–water partition coefficient (Wildman–Crippen LogP) is 1.40. The number of carbonyl (C=O) groups is 1. The molecular formula is C16H18N4O2. The molecule has 2 aromatic rings. The Morgan fingerprint density at radius 2 is 2.18 bits per heavy atom. The van der Waals surface area contributed by atoms with Crippen LogP contribution in [0.25, 0.3) is 10.9 Å². The van der Waals surface area contributed by atoms with E-state index < -0.39 is 0 Å². The zero-order valence-electron chi connectivity index (χ0n) is 12.7. The Labute approximate surface area is 128 Å². The number of nitriles is 1. The van der Waals surface area contributed by atoms with Crippen molar-refractivity contribution in [2.24, 2.45) is 5.92 Å². The topological polar surface area (TPSA) is 79.0 Å². The molecule has 0 saturated heterocycles. The Balaban J connectivity index is 2.27. The summed E-state index contributed by atoms with van der Waals surface area (Å²) < 4.78 is 1.53. The Kier molecular flexibility index (Phi) is 4.89. The molecular weight excluding hydrogens is 280 g/mol. The summed E-state index contributed by atoms with van der Waals surface area (Å²) >= 11 is 0. The first-order valence-corrected chi connectivity index (χ1v) is 7.19. The van der Waals surface area contributed by atoms with Crippen LogP contribution in [0.1, 0.15) is 13.8 Å². The number of carbonyl (C=O) groups excluding carboxylic acids is 1. The largest absolute Gasteiger partial charge is 0.340 e. The van der Waals surface area contributed by atoms with Gasteiger partial charge in [0.15, 0.2) is 0 Å². The van der Waals surface area contributed by atoms with Crippen LogP contribution in [0, 0.1) is 17.2 Å². The van der Waals surface area contributed by atoms with Gasteiger partial charge in [-0.05, 0) is 26.0 Å². The van der Waals surface area contributed by atoms with E-state index in [-0.39, 0.29) is 23.8 Å². The molecule has 0 aliphatic rings. The van der Waals surface area contributed by atoms with Gasteiger partial charge in [-0.15, -0.1) is 0 Å². The van der Waals surface area contributed by atoms with E-state index in [1.807, 2.05) is 6.92 Å². The fourth-order valence-electron chi connectivity index (χ4n) is 2.29. The van der Waals surface area contributed by atoms with Crippen LogP contribution in [0.2, 0.25) is 0 Å². The van der Waals surface area contributed by atoms with Crippen molar-refractivity contribution < 1.29 is 4.79 Å². The number of hydrogen-bond acceptors (Lipinski definition) is 4. The van der Waals surface area contributed by atoms with Crippen molar-refractivity contribution in [3.05, 3.63) is 40.7 Å². The van der Waals surface area contributed by atoms with Gasteiger partial charge in [-0.2, -0.15) is 10.4 Å². The van der Waals surface area contributed by atoms with Gasteiger partial charge in [0.05, 0.1) is 23.7 Å². The average Bonchev–Trinajstić information content (AvgIpc) is 2.55. The quantitative estimate of drug-likeness (QED) is 0.836. The molecule has 0 radical (unpaired) electrons. The summed E-state index contributed by atoms with van der Waals surface area (Å²) in [6.07, 6.45) is 1.23. The highest BCUT2D eigenvalue weighted by atomic mass is 16.2. The summed E-state index contributed by atoms with van der Waals surface area (Å²) in [6.45, 7) is 4.63. The molecule has 0 saturated carbocycles. The van der Waals surface area contributed by atoms with Crippen LogP contribution in [-0.2, 0) is 11.3 Å². The molecule has 1 atom stereocenters. The number of likely N-dealkylation sites (N-methyl/N-ethyl adjacent to an activating group) is 1. The lowest BCUT2D eigenvalue weighted by atomic mass is 10.2. The number of rotatable bonds is 5. The SMILES string of the molecule is CCN(CC(C)C#N)C(=O)Cn1ncc(=O)c2ccccc21. The van der Waals surface area contributed by atoms with Crippen molar-refractivity contribution in [1.29, 1.82) is 5.26 Å². The van der Waals surface area contributed by atoms with Gasteiger partial charge in [0.2, 0.25) is 11.3 Å². The van der Waals surface area contributed by atoms with E-state index in [2.05, 4.69) is 11.2 Å². The highest BCUT2D eigenvalue weighted by molar-refractivity contribution is 5.81. The molecule has 0 aliphatic heterocycles. The van der Waals surface area contributed by atoms with Crippen molar-refractivity contribution in [1.82, 2.24) is 14.7 Å². The minimum atomic E-state index is -0.220. The number of aromatic nitrogens is 2.